The van der Waals surface area contributed by atoms with Gasteiger partial charge in [-0.15, -0.1) is 0 Å². The molecule has 0 spiro atoms. The number of alkyl halides is 1. The topological polar surface area (TPSA) is 166 Å². The SMILES string of the molecule is NC(=O)c1nn(CC(=O)N2C[C@H](F)C[C@H]2C(=O)Nc2ccccc2N2CCOC2=O)c2ccc(-c3ccnnc3)cc12. The number of ether oxygens (including phenoxy) is 1. The zero-order valence-electron chi connectivity index (χ0n) is 22.1. The Morgan fingerprint density at radius 1 is 1.10 bits per heavy atom. The number of aromatic nitrogens is 4. The lowest BCUT2D eigenvalue weighted by atomic mass is 10.0. The van der Waals surface area contributed by atoms with Gasteiger partial charge in [0.05, 0.1) is 42.4 Å². The zero-order chi connectivity index (χ0) is 29.4. The third kappa shape index (κ3) is 4.98. The number of halogens is 1. The van der Waals surface area contributed by atoms with E-state index >= 15 is 0 Å². The number of anilines is 2. The monoisotopic (exact) mass is 572 g/mol. The quantitative estimate of drug-likeness (QED) is 0.340. The van der Waals surface area contributed by atoms with E-state index in [1.54, 1.807) is 54.7 Å². The molecule has 4 heterocycles. The number of para-hydroxylation sites is 2. The normalized spacial score (nSPS) is 18.4. The predicted molar refractivity (Wildman–Crippen MR) is 148 cm³/mol. The van der Waals surface area contributed by atoms with Gasteiger partial charge in [-0.05, 0) is 35.9 Å². The molecular formula is C28H25FN8O5. The first-order valence-electron chi connectivity index (χ1n) is 13.2. The van der Waals surface area contributed by atoms with E-state index in [0.29, 0.717) is 28.8 Å². The first-order valence-corrected chi connectivity index (χ1v) is 13.2. The number of hydrogen-bond donors (Lipinski definition) is 2. The van der Waals surface area contributed by atoms with Crippen LogP contribution in [0.2, 0.25) is 0 Å². The van der Waals surface area contributed by atoms with Crippen LogP contribution in [0.4, 0.5) is 20.6 Å². The first kappa shape index (κ1) is 26.8. The predicted octanol–water partition coefficient (Wildman–Crippen LogP) is 2.13. The van der Waals surface area contributed by atoms with E-state index in [1.807, 2.05) is 0 Å². The molecule has 0 unspecified atom stereocenters. The summed E-state index contributed by atoms with van der Waals surface area (Å²) in [5, 5.41) is 15.1. The lowest BCUT2D eigenvalue weighted by Crippen LogP contribution is -2.44. The van der Waals surface area contributed by atoms with Gasteiger partial charge in [0.25, 0.3) is 5.91 Å². The van der Waals surface area contributed by atoms with Crippen LogP contribution in [0.15, 0.2) is 60.9 Å². The highest BCUT2D eigenvalue weighted by molar-refractivity contribution is 6.06. The Kier molecular flexibility index (Phi) is 6.94. The van der Waals surface area contributed by atoms with E-state index in [4.69, 9.17) is 10.5 Å². The summed E-state index contributed by atoms with van der Waals surface area (Å²) in [5.41, 5.74) is 8.29. The highest BCUT2D eigenvalue weighted by Crippen LogP contribution is 2.30. The average Bonchev–Trinajstić information content (AvgIpc) is 3.70. The van der Waals surface area contributed by atoms with E-state index in [2.05, 4.69) is 20.6 Å². The number of carbonyl (C=O) groups is 4. The average molecular weight is 573 g/mol. The van der Waals surface area contributed by atoms with Crippen LogP contribution in [0.5, 0.6) is 0 Å². The van der Waals surface area contributed by atoms with E-state index in [-0.39, 0.29) is 31.8 Å². The Bertz CT molecular complexity index is 1710. The zero-order valence-corrected chi connectivity index (χ0v) is 22.1. The number of benzene rings is 2. The summed E-state index contributed by atoms with van der Waals surface area (Å²) < 4.78 is 21.0. The molecule has 0 aliphatic carbocycles. The fraction of sp³-hybridized carbons (Fsp3) is 0.250. The number of rotatable bonds is 7. The number of hydrogen-bond acceptors (Lipinski definition) is 8. The summed E-state index contributed by atoms with van der Waals surface area (Å²) in [4.78, 5) is 53.7. The van der Waals surface area contributed by atoms with Crippen molar-refractivity contribution in [1.29, 1.82) is 0 Å². The molecule has 214 valence electrons. The minimum Gasteiger partial charge on any atom is -0.447 e. The lowest BCUT2D eigenvalue weighted by molar-refractivity contribution is -0.137. The van der Waals surface area contributed by atoms with Gasteiger partial charge in [-0.2, -0.15) is 15.3 Å². The van der Waals surface area contributed by atoms with Gasteiger partial charge in [-0.1, -0.05) is 18.2 Å². The molecule has 2 saturated heterocycles. The molecule has 4 aromatic rings. The Hall–Kier alpha value is -5.40. The molecule has 3 N–H and O–H groups in total. The molecule has 13 nitrogen and oxygen atoms in total. The molecular weight excluding hydrogens is 547 g/mol. The summed E-state index contributed by atoms with van der Waals surface area (Å²) in [6, 6.07) is 12.5. The molecule has 14 heteroatoms. The number of carbonyl (C=O) groups excluding carboxylic acids is 4. The first-order chi connectivity index (χ1) is 20.3. The van der Waals surface area contributed by atoms with E-state index in [1.165, 1.54) is 20.7 Å². The molecule has 2 aromatic heterocycles. The maximum absolute atomic E-state index is 14.6. The Labute approximate surface area is 238 Å². The molecule has 2 aliphatic heterocycles. The second-order valence-electron chi connectivity index (χ2n) is 9.90. The van der Waals surface area contributed by atoms with E-state index in [9.17, 15) is 23.6 Å². The minimum atomic E-state index is -1.42. The standard InChI is InChI=1S/C28H25FN8O5/c29-18-12-23(27(40)33-20-3-1-2-4-22(20)35-9-10-42-28(35)41)36(14-18)24(38)15-37-21-6-5-16(17-7-8-31-32-13-17)11-19(21)25(34-37)26(30)39/h1-8,11,13,18,23H,9-10,12,14-15H2,(H2,30,39)(H,33,40)/t18-,23+/m1/s1. The Balaban J connectivity index is 1.24. The van der Waals surface area contributed by atoms with Crippen LogP contribution in [0, 0.1) is 0 Å². The lowest BCUT2D eigenvalue weighted by Gasteiger charge is -2.25. The number of fused-ring (bicyclic) bond motifs is 1. The molecule has 2 atom stereocenters. The Morgan fingerprint density at radius 3 is 2.67 bits per heavy atom. The fourth-order valence-electron chi connectivity index (χ4n) is 5.29. The van der Waals surface area contributed by atoms with Gasteiger partial charge in [0.2, 0.25) is 11.8 Å². The van der Waals surface area contributed by atoms with Crippen molar-refractivity contribution in [3.63, 3.8) is 0 Å². The second kappa shape index (κ2) is 10.9. The maximum atomic E-state index is 14.6. The van der Waals surface area contributed by atoms with Crippen LogP contribution in [-0.4, -0.2) is 80.6 Å². The highest BCUT2D eigenvalue weighted by atomic mass is 19.1. The molecule has 6 rings (SSSR count). The van der Waals surface area contributed by atoms with Gasteiger partial charge < -0.3 is 20.7 Å². The van der Waals surface area contributed by atoms with Crippen molar-refractivity contribution in [2.24, 2.45) is 5.73 Å². The number of nitrogens with two attached hydrogens (primary N) is 1. The van der Waals surface area contributed by atoms with Crippen LogP contribution in [0.25, 0.3) is 22.0 Å². The molecule has 0 bridgehead atoms. The van der Waals surface area contributed by atoms with Crippen LogP contribution in [-0.2, 0) is 20.9 Å². The van der Waals surface area contributed by atoms with E-state index in [0.717, 1.165) is 11.1 Å². The molecule has 2 fully saturated rings. The molecule has 0 radical (unpaired) electrons. The van der Waals surface area contributed by atoms with Gasteiger partial charge in [-0.3, -0.25) is 24.0 Å². The summed E-state index contributed by atoms with van der Waals surface area (Å²) in [6.07, 6.45) is 0.961. The number of primary amides is 1. The van der Waals surface area contributed by atoms with Crippen molar-refractivity contribution in [1.82, 2.24) is 24.9 Å². The fourth-order valence-corrected chi connectivity index (χ4v) is 5.29. The molecule has 4 amide bonds. The minimum absolute atomic E-state index is 0.0298. The van der Waals surface area contributed by atoms with Crippen LogP contribution in [0.1, 0.15) is 16.9 Å². The second-order valence-corrected chi connectivity index (χ2v) is 9.90. The van der Waals surface area contributed by atoms with Gasteiger partial charge >= 0.3 is 6.09 Å². The smallest absolute Gasteiger partial charge is 0.414 e. The highest BCUT2D eigenvalue weighted by Gasteiger charge is 2.40. The van der Waals surface area contributed by atoms with Gasteiger partial charge in [0.15, 0.2) is 5.69 Å². The van der Waals surface area contributed by atoms with Crippen LogP contribution >= 0.6 is 0 Å². The van der Waals surface area contributed by atoms with Crippen LogP contribution < -0.4 is 16.0 Å². The Morgan fingerprint density at radius 2 is 1.93 bits per heavy atom. The number of nitrogens with zero attached hydrogens (tertiary/aromatic N) is 6. The van der Waals surface area contributed by atoms with Crippen molar-refractivity contribution >= 4 is 46.1 Å². The third-order valence-corrected chi connectivity index (χ3v) is 7.27. The third-order valence-electron chi connectivity index (χ3n) is 7.27. The number of amides is 4. The van der Waals surface area contributed by atoms with Crippen molar-refractivity contribution in [3.8, 4) is 11.1 Å². The van der Waals surface area contributed by atoms with Crippen molar-refractivity contribution in [2.75, 3.05) is 29.9 Å². The summed E-state index contributed by atoms with van der Waals surface area (Å²) >= 11 is 0. The molecule has 2 aromatic carbocycles. The van der Waals surface area contributed by atoms with E-state index < -0.39 is 36.0 Å². The molecule has 42 heavy (non-hydrogen) atoms. The van der Waals surface area contributed by atoms with Crippen molar-refractivity contribution in [3.05, 3.63) is 66.6 Å². The number of cyclic esters (lactones) is 1. The largest absolute Gasteiger partial charge is 0.447 e. The molecule has 0 saturated carbocycles. The number of nitrogens with one attached hydrogen (secondary N) is 1. The maximum Gasteiger partial charge on any atom is 0.414 e. The summed E-state index contributed by atoms with van der Waals surface area (Å²) in [7, 11) is 0. The van der Waals surface area contributed by atoms with Gasteiger partial charge in [0, 0.05) is 17.4 Å². The van der Waals surface area contributed by atoms with Crippen molar-refractivity contribution < 1.29 is 28.3 Å². The summed E-state index contributed by atoms with van der Waals surface area (Å²) in [5.74, 6) is -1.93. The summed E-state index contributed by atoms with van der Waals surface area (Å²) in [6.45, 7) is -0.0967. The van der Waals surface area contributed by atoms with Crippen molar-refractivity contribution in [2.45, 2.75) is 25.2 Å². The number of likely N-dealkylation sites (tertiary alicyclic amines) is 1. The van der Waals surface area contributed by atoms with Crippen LogP contribution in [0.3, 0.4) is 0 Å². The molecule has 2 aliphatic rings. The van der Waals surface area contributed by atoms with Gasteiger partial charge in [-0.25, -0.2) is 9.18 Å². The van der Waals surface area contributed by atoms with Gasteiger partial charge in [0.1, 0.15) is 25.4 Å².